The molecule has 1 aromatic carbocycles. The van der Waals surface area contributed by atoms with Gasteiger partial charge in [-0.2, -0.15) is 0 Å². The van der Waals surface area contributed by atoms with E-state index in [4.69, 9.17) is 4.74 Å². The van der Waals surface area contributed by atoms with Crippen LogP contribution in [0.25, 0.3) is 0 Å². The molecule has 2 rings (SSSR count). The first kappa shape index (κ1) is 16.6. The number of carbonyl (C=O) groups is 1. The lowest BCUT2D eigenvalue weighted by Gasteiger charge is -2.13. The Hall–Kier alpha value is -1.76. The number of rotatable bonds is 5. The monoisotopic (exact) mass is 326 g/mol. The molecule has 22 heavy (non-hydrogen) atoms. The smallest absolute Gasteiger partial charge is 0.315 e. The second-order valence-electron chi connectivity index (χ2n) is 5.62. The van der Waals surface area contributed by atoms with E-state index < -0.39 is 9.84 Å². The number of hydrogen-bond acceptors (Lipinski definition) is 4. The molecule has 0 saturated carbocycles. The van der Waals surface area contributed by atoms with Gasteiger partial charge in [0.05, 0.1) is 18.1 Å². The van der Waals surface area contributed by atoms with E-state index in [1.54, 1.807) is 0 Å². The van der Waals surface area contributed by atoms with Gasteiger partial charge in [-0.3, -0.25) is 0 Å². The molecule has 1 atom stereocenters. The number of urea groups is 1. The summed E-state index contributed by atoms with van der Waals surface area (Å²) in [4.78, 5) is 11.7. The minimum absolute atomic E-state index is 0.0273. The minimum Gasteiger partial charge on any atom is -0.491 e. The Bertz CT molecular complexity index is 643. The second kappa shape index (κ2) is 7.00. The number of benzene rings is 1. The summed E-state index contributed by atoms with van der Waals surface area (Å²) in [6.45, 7) is 4.72. The number of amides is 2. The zero-order valence-corrected chi connectivity index (χ0v) is 13.7. The highest BCUT2D eigenvalue weighted by molar-refractivity contribution is 7.91. The first-order valence-corrected chi connectivity index (χ1v) is 9.13. The van der Waals surface area contributed by atoms with Gasteiger partial charge in [0.2, 0.25) is 0 Å². The van der Waals surface area contributed by atoms with Gasteiger partial charge in [0.25, 0.3) is 0 Å². The molecule has 7 heteroatoms. The van der Waals surface area contributed by atoms with Crippen molar-refractivity contribution < 1.29 is 17.9 Å². The molecule has 1 heterocycles. The molecule has 2 N–H and O–H groups in total. The van der Waals surface area contributed by atoms with E-state index in [0.29, 0.717) is 19.6 Å². The van der Waals surface area contributed by atoms with Crippen LogP contribution in [0.5, 0.6) is 5.75 Å². The number of nitrogens with one attached hydrogen (secondary N) is 2. The molecule has 0 aromatic heterocycles. The molecular weight excluding hydrogens is 304 g/mol. The molecule has 0 bridgehead atoms. The summed E-state index contributed by atoms with van der Waals surface area (Å²) >= 11 is 0. The SMILES string of the molecule is Cc1ccc(OCCNC(=O)NC2CCS(=O)(=O)C2)c(C)c1. The Morgan fingerprint density at radius 2 is 2.14 bits per heavy atom. The molecule has 0 aliphatic carbocycles. The quantitative estimate of drug-likeness (QED) is 0.796. The maximum atomic E-state index is 11.7. The van der Waals surface area contributed by atoms with Crippen molar-refractivity contribution in [3.63, 3.8) is 0 Å². The standard InChI is InChI=1S/C15H22N2O4S/c1-11-3-4-14(12(2)9-11)21-7-6-16-15(18)17-13-5-8-22(19,20)10-13/h3-4,9,13H,5-8,10H2,1-2H3,(H2,16,17,18). The molecule has 1 saturated heterocycles. The third-order valence-electron chi connectivity index (χ3n) is 3.54. The molecule has 1 aliphatic heterocycles. The van der Waals surface area contributed by atoms with Crippen LogP contribution < -0.4 is 15.4 Å². The molecule has 1 aromatic rings. The number of ether oxygens (including phenoxy) is 1. The molecule has 1 aliphatic rings. The summed E-state index contributed by atoms with van der Waals surface area (Å²) in [6, 6.07) is 5.28. The van der Waals surface area contributed by atoms with Crippen molar-refractivity contribution in [3.05, 3.63) is 29.3 Å². The average molecular weight is 326 g/mol. The summed E-state index contributed by atoms with van der Waals surface area (Å²) in [6.07, 6.45) is 0.481. The predicted molar refractivity (Wildman–Crippen MR) is 85.0 cm³/mol. The molecule has 2 amide bonds. The van der Waals surface area contributed by atoms with Crippen LogP contribution in [0.15, 0.2) is 18.2 Å². The molecule has 1 fully saturated rings. The van der Waals surface area contributed by atoms with Gasteiger partial charge in [-0.05, 0) is 31.9 Å². The Morgan fingerprint density at radius 3 is 2.77 bits per heavy atom. The topological polar surface area (TPSA) is 84.5 Å². The Balaban J connectivity index is 1.67. The van der Waals surface area contributed by atoms with Gasteiger partial charge >= 0.3 is 6.03 Å². The van der Waals surface area contributed by atoms with E-state index in [9.17, 15) is 13.2 Å². The number of hydrogen-bond donors (Lipinski definition) is 2. The molecule has 0 spiro atoms. The maximum absolute atomic E-state index is 11.7. The highest BCUT2D eigenvalue weighted by atomic mass is 32.2. The first-order valence-electron chi connectivity index (χ1n) is 7.30. The third-order valence-corrected chi connectivity index (χ3v) is 5.31. The van der Waals surface area contributed by atoms with E-state index in [2.05, 4.69) is 10.6 Å². The maximum Gasteiger partial charge on any atom is 0.315 e. The lowest BCUT2D eigenvalue weighted by atomic mass is 10.1. The largest absolute Gasteiger partial charge is 0.491 e. The van der Waals surface area contributed by atoms with E-state index in [1.165, 1.54) is 5.56 Å². The predicted octanol–water partition coefficient (Wildman–Crippen LogP) is 1.17. The van der Waals surface area contributed by atoms with Crippen LogP contribution in [-0.4, -0.2) is 45.1 Å². The number of aryl methyl sites for hydroxylation is 2. The molecule has 0 radical (unpaired) electrons. The van der Waals surface area contributed by atoms with E-state index >= 15 is 0 Å². The van der Waals surface area contributed by atoms with Gasteiger partial charge in [-0.1, -0.05) is 17.7 Å². The van der Waals surface area contributed by atoms with Crippen molar-refractivity contribution in [2.24, 2.45) is 0 Å². The fourth-order valence-electron chi connectivity index (χ4n) is 2.43. The van der Waals surface area contributed by atoms with Crippen molar-refractivity contribution in [1.29, 1.82) is 0 Å². The average Bonchev–Trinajstić information content (AvgIpc) is 2.76. The van der Waals surface area contributed by atoms with Gasteiger partial charge in [0, 0.05) is 6.04 Å². The van der Waals surface area contributed by atoms with Crippen LogP contribution in [0.2, 0.25) is 0 Å². The fraction of sp³-hybridized carbons (Fsp3) is 0.533. The number of sulfone groups is 1. The number of carbonyl (C=O) groups excluding carboxylic acids is 1. The fourth-order valence-corrected chi connectivity index (χ4v) is 4.11. The lowest BCUT2D eigenvalue weighted by molar-refractivity contribution is 0.233. The Morgan fingerprint density at radius 1 is 1.36 bits per heavy atom. The van der Waals surface area contributed by atoms with Crippen molar-refractivity contribution >= 4 is 15.9 Å². The van der Waals surface area contributed by atoms with Gasteiger partial charge < -0.3 is 15.4 Å². The Kier molecular flexibility index (Phi) is 5.28. The summed E-state index contributed by atoms with van der Waals surface area (Å²) in [7, 11) is -2.98. The highest BCUT2D eigenvalue weighted by Gasteiger charge is 2.28. The Labute approximate surface area is 131 Å². The highest BCUT2D eigenvalue weighted by Crippen LogP contribution is 2.18. The van der Waals surface area contributed by atoms with Gasteiger partial charge in [0.15, 0.2) is 9.84 Å². The second-order valence-corrected chi connectivity index (χ2v) is 7.85. The van der Waals surface area contributed by atoms with Crippen molar-refractivity contribution in [1.82, 2.24) is 10.6 Å². The van der Waals surface area contributed by atoms with Crippen LogP contribution >= 0.6 is 0 Å². The molecule has 122 valence electrons. The summed E-state index contributed by atoms with van der Waals surface area (Å²) < 4.78 is 28.2. The van der Waals surface area contributed by atoms with Crippen molar-refractivity contribution in [2.45, 2.75) is 26.3 Å². The van der Waals surface area contributed by atoms with Crippen LogP contribution in [-0.2, 0) is 9.84 Å². The lowest BCUT2D eigenvalue weighted by Crippen LogP contribution is -2.43. The van der Waals surface area contributed by atoms with Crippen LogP contribution in [0, 0.1) is 13.8 Å². The van der Waals surface area contributed by atoms with E-state index in [0.717, 1.165) is 11.3 Å². The van der Waals surface area contributed by atoms with Crippen molar-refractivity contribution in [2.75, 3.05) is 24.7 Å². The third kappa shape index (κ3) is 4.91. The first-order chi connectivity index (χ1) is 10.4. The normalized spacial score (nSPS) is 19.6. The van der Waals surface area contributed by atoms with E-state index in [-0.39, 0.29) is 23.6 Å². The summed E-state index contributed by atoms with van der Waals surface area (Å²) in [5, 5.41) is 5.34. The minimum atomic E-state index is -2.98. The van der Waals surface area contributed by atoms with Gasteiger partial charge in [0.1, 0.15) is 12.4 Å². The molecular formula is C15H22N2O4S. The van der Waals surface area contributed by atoms with Crippen LogP contribution in [0.1, 0.15) is 17.5 Å². The molecule has 1 unspecified atom stereocenters. The molecule has 6 nitrogen and oxygen atoms in total. The van der Waals surface area contributed by atoms with Gasteiger partial charge in [-0.15, -0.1) is 0 Å². The van der Waals surface area contributed by atoms with Crippen LogP contribution in [0.4, 0.5) is 4.79 Å². The zero-order valence-electron chi connectivity index (χ0n) is 12.9. The van der Waals surface area contributed by atoms with Crippen LogP contribution in [0.3, 0.4) is 0 Å². The summed E-state index contributed by atoms with van der Waals surface area (Å²) in [5.41, 5.74) is 2.23. The zero-order chi connectivity index (χ0) is 16.2. The van der Waals surface area contributed by atoms with Gasteiger partial charge in [-0.25, -0.2) is 13.2 Å². The van der Waals surface area contributed by atoms with E-state index in [1.807, 2.05) is 32.0 Å². The van der Waals surface area contributed by atoms with Crippen molar-refractivity contribution in [3.8, 4) is 5.75 Å². The summed E-state index contributed by atoms with van der Waals surface area (Å²) in [5.74, 6) is 0.974.